The smallest absolute Gasteiger partial charge is 0.294 e. The molecule has 0 atom stereocenters. The number of nitrogens with zero attached hydrogens (tertiary/aromatic N) is 3. The predicted octanol–water partition coefficient (Wildman–Crippen LogP) is 2.73. The second-order valence-electron chi connectivity index (χ2n) is 5.49. The van der Waals surface area contributed by atoms with Crippen LogP contribution in [0.3, 0.4) is 0 Å². The summed E-state index contributed by atoms with van der Waals surface area (Å²) in [5.74, 6) is -0.537. The van der Waals surface area contributed by atoms with E-state index in [0.717, 1.165) is 0 Å². The van der Waals surface area contributed by atoms with Crippen LogP contribution in [0.5, 0.6) is 5.75 Å². The molecule has 138 valence electrons. The number of benzene rings is 2. The van der Waals surface area contributed by atoms with Gasteiger partial charge in [0.25, 0.3) is 11.6 Å². The van der Waals surface area contributed by atoms with E-state index >= 15 is 0 Å². The molecular weight excluding hydrogens is 355 g/mol. The second kappa shape index (κ2) is 8.09. The molecule has 8 nitrogen and oxygen atoms in total. The Hall–Kier alpha value is -3.75. The van der Waals surface area contributed by atoms with Gasteiger partial charge in [-0.2, -0.15) is 0 Å². The minimum absolute atomic E-state index is 0.129. The van der Waals surface area contributed by atoms with Gasteiger partial charge in [-0.15, -0.1) is 0 Å². The molecule has 0 radical (unpaired) electrons. The van der Waals surface area contributed by atoms with Crippen LogP contribution in [0.15, 0.2) is 61.2 Å². The molecule has 3 aromatic rings. The van der Waals surface area contributed by atoms with Crippen molar-refractivity contribution >= 4 is 11.6 Å². The van der Waals surface area contributed by atoms with Crippen LogP contribution < -0.4 is 10.1 Å². The van der Waals surface area contributed by atoms with E-state index in [-0.39, 0.29) is 24.4 Å². The van der Waals surface area contributed by atoms with Crippen LogP contribution >= 0.6 is 0 Å². The Balaban J connectivity index is 1.63. The Bertz CT molecular complexity index is 960. The molecular formula is C18H15FN4O4. The van der Waals surface area contributed by atoms with Gasteiger partial charge in [-0.1, -0.05) is 6.07 Å². The number of carbonyl (C=O) groups excluding carboxylic acids is 1. The Labute approximate surface area is 153 Å². The van der Waals surface area contributed by atoms with Crippen molar-refractivity contribution in [2.75, 3.05) is 13.2 Å². The molecule has 0 bridgehead atoms. The lowest BCUT2D eigenvalue weighted by Crippen LogP contribution is -2.28. The maximum Gasteiger partial charge on any atom is 0.294 e. The fourth-order valence-corrected chi connectivity index (χ4v) is 2.42. The van der Waals surface area contributed by atoms with Gasteiger partial charge in [0.2, 0.25) is 0 Å². The summed E-state index contributed by atoms with van der Waals surface area (Å²) in [6.07, 6.45) is 4.51. The van der Waals surface area contributed by atoms with Crippen LogP contribution in [-0.4, -0.2) is 33.5 Å². The lowest BCUT2D eigenvalue weighted by molar-refractivity contribution is -0.384. The van der Waals surface area contributed by atoms with E-state index in [0.29, 0.717) is 11.4 Å². The largest absolute Gasteiger partial charge is 0.492 e. The highest BCUT2D eigenvalue weighted by Gasteiger charge is 2.18. The molecule has 0 unspecified atom stereocenters. The van der Waals surface area contributed by atoms with Gasteiger partial charge in [-0.25, -0.2) is 9.37 Å². The number of nitro groups is 1. The average Bonchev–Trinajstić information content (AvgIpc) is 3.19. The first kappa shape index (κ1) is 18.1. The normalized spacial score (nSPS) is 10.4. The van der Waals surface area contributed by atoms with Crippen LogP contribution in [-0.2, 0) is 0 Å². The first-order valence-electron chi connectivity index (χ1n) is 7.98. The average molecular weight is 370 g/mol. The Morgan fingerprint density at radius 2 is 2.15 bits per heavy atom. The third-order valence-corrected chi connectivity index (χ3v) is 3.67. The molecule has 9 heteroatoms. The lowest BCUT2D eigenvalue weighted by Gasteiger charge is -2.09. The quantitative estimate of drug-likeness (QED) is 0.392. The molecule has 2 aromatic carbocycles. The summed E-state index contributed by atoms with van der Waals surface area (Å²) in [6.45, 7) is 0.289. The van der Waals surface area contributed by atoms with Crippen molar-refractivity contribution in [1.82, 2.24) is 14.9 Å². The van der Waals surface area contributed by atoms with E-state index < -0.39 is 16.6 Å². The molecule has 0 spiro atoms. The zero-order valence-corrected chi connectivity index (χ0v) is 14.0. The number of nitrogens with one attached hydrogen (secondary N) is 1. The number of nitro benzene ring substituents is 1. The van der Waals surface area contributed by atoms with E-state index in [2.05, 4.69) is 10.3 Å². The van der Waals surface area contributed by atoms with Crippen molar-refractivity contribution in [2.24, 2.45) is 0 Å². The highest BCUT2D eigenvalue weighted by Crippen LogP contribution is 2.24. The van der Waals surface area contributed by atoms with Gasteiger partial charge in [-0.3, -0.25) is 14.9 Å². The van der Waals surface area contributed by atoms with Crippen LogP contribution in [0.4, 0.5) is 10.1 Å². The molecule has 0 aliphatic heterocycles. The molecule has 1 heterocycles. The second-order valence-corrected chi connectivity index (χ2v) is 5.49. The first-order chi connectivity index (χ1) is 13.0. The number of carbonyl (C=O) groups is 1. The SMILES string of the molecule is O=C(NCCOc1cccc(F)c1)c1ccc(-n2ccnc2)c([N+](=O)[O-])c1. The molecule has 27 heavy (non-hydrogen) atoms. The zero-order chi connectivity index (χ0) is 19.2. The maximum atomic E-state index is 13.1. The summed E-state index contributed by atoms with van der Waals surface area (Å²) in [5.41, 5.74) is 0.247. The zero-order valence-electron chi connectivity index (χ0n) is 14.0. The van der Waals surface area contributed by atoms with Crippen molar-refractivity contribution < 1.29 is 18.8 Å². The van der Waals surface area contributed by atoms with E-state index in [4.69, 9.17) is 4.74 Å². The highest BCUT2D eigenvalue weighted by atomic mass is 19.1. The maximum absolute atomic E-state index is 13.1. The summed E-state index contributed by atoms with van der Waals surface area (Å²) in [5, 5.41) is 13.9. The number of ether oxygens (including phenoxy) is 1. The third kappa shape index (κ3) is 4.46. The van der Waals surface area contributed by atoms with Gasteiger partial charge in [0, 0.05) is 30.1 Å². The number of imidazole rings is 1. The standard InChI is InChI=1S/C18H15FN4O4/c19-14-2-1-3-15(11-14)27-9-7-21-18(24)13-4-5-16(17(10-13)23(25)26)22-8-6-20-12-22/h1-6,8,10-12H,7,9H2,(H,21,24). The monoisotopic (exact) mass is 370 g/mol. The van der Waals surface area contributed by atoms with Gasteiger partial charge in [0.15, 0.2) is 0 Å². The van der Waals surface area contributed by atoms with E-state index in [1.165, 1.54) is 53.5 Å². The van der Waals surface area contributed by atoms with Gasteiger partial charge >= 0.3 is 0 Å². The summed E-state index contributed by atoms with van der Waals surface area (Å²) in [6, 6.07) is 9.84. The predicted molar refractivity (Wildman–Crippen MR) is 94.4 cm³/mol. The first-order valence-corrected chi connectivity index (χ1v) is 7.98. The van der Waals surface area contributed by atoms with Gasteiger partial charge < -0.3 is 14.6 Å². The summed E-state index contributed by atoms with van der Waals surface area (Å²) in [4.78, 5) is 26.8. The summed E-state index contributed by atoms with van der Waals surface area (Å²) >= 11 is 0. The van der Waals surface area contributed by atoms with Gasteiger partial charge in [-0.05, 0) is 24.3 Å². The number of rotatable bonds is 7. The fourth-order valence-electron chi connectivity index (χ4n) is 2.42. The van der Waals surface area contributed by atoms with Gasteiger partial charge in [0.05, 0.1) is 17.8 Å². The Morgan fingerprint density at radius 3 is 2.85 bits per heavy atom. The van der Waals surface area contributed by atoms with E-state index in [1.807, 2.05) is 0 Å². The van der Waals surface area contributed by atoms with Crippen molar-refractivity contribution in [3.63, 3.8) is 0 Å². The van der Waals surface area contributed by atoms with E-state index in [9.17, 15) is 19.3 Å². The molecule has 0 saturated carbocycles. The minimum Gasteiger partial charge on any atom is -0.492 e. The van der Waals surface area contributed by atoms with Crippen molar-refractivity contribution in [3.8, 4) is 11.4 Å². The van der Waals surface area contributed by atoms with Crippen LogP contribution in [0.2, 0.25) is 0 Å². The molecule has 0 fully saturated rings. The van der Waals surface area contributed by atoms with Crippen LogP contribution in [0.1, 0.15) is 10.4 Å². The molecule has 1 N–H and O–H groups in total. The molecule has 0 saturated heterocycles. The number of aromatic nitrogens is 2. The molecule has 1 aromatic heterocycles. The molecule has 3 rings (SSSR count). The minimum atomic E-state index is -0.556. The third-order valence-electron chi connectivity index (χ3n) is 3.67. The molecule has 1 amide bonds. The number of hydrogen-bond acceptors (Lipinski definition) is 5. The Kier molecular flexibility index (Phi) is 5.41. The van der Waals surface area contributed by atoms with Crippen molar-refractivity contribution in [3.05, 3.63) is 82.7 Å². The fraction of sp³-hybridized carbons (Fsp3) is 0.111. The topological polar surface area (TPSA) is 99.3 Å². The van der Waals surface area contributed by atoms with Crippen molar-refractivity contribution in [2.45, 2.75) is 0 Å². The number of hydrogen-bond donors (Lipinski definition) is 1. The van der Waals surface area contributed by atoms with Crippen molar-refractivity contribution in [1.29, 1.82) is 0 Å². The summed E-state index contributed by atoms with van der Waals surface area (Å²) < 4.78 is 19.9. The van der Waals surface area contributed by atoms with E-state index in [1.54, 1.807) is 12.3 Å². The van der Waals surface area contributed by atoms with Gasteiger partial charge in [0.1, 0.15) is 23.9 Å². The van der Waals surface area contributed by atoms with Crippen LogP contribution in [0, 0.1) is 15.9 Å². The van der Waals surface area contributed by atoms with Crippen LogP contribution in [0.25, 0.3) is 5.69 Å². The number of amides is 1. The Morgan fingerprint density at radius 1 is 1.30 bits per heavy atom. The number of halogens is 1. The highest BCUT2D eigenvalue weighted by molar-refractivity contribution is 5.95. The lowest BCUT2D eigenvalue weighted by atomic mass is 10.1. The summed E-state index contributed by atoms with van der Waals surface area (Å²) in [7, 11) is 0. The molecule has 0 aliphatic carbocycles. The molecule has 0 aliphatic rings.